The average molecular weight is 407 g/mol. The summed E-state index contributed by atoms with van der Waals surface area (Å²) >= 11 is 0. The Kier molecular flexibility index (Phi) is 8.02. The summed E-state index contributed by atoms with van der Waals surface area (Å²) < 4.78 is 0. The summed E-state index contributed by atoms with van der Waals surface area (Å²) in [6, 6.07) is 33.1. The van der Waals surface area contributed by atoms with Crippen molar-refractivity contribution in [2.24, 2.45) is 0 Å². The Morgan fingerprint density at radius 2 is 0.966 bits per heavy atom. The summed E-state index contributed by atoms with van der Waals surface area (Å²) in [5.74, 6) is -0.686. The standard InChI is InChI=1S/C26H31O2P/c27-26(28)21-13-2-1-3-14-22-29(23-15-7-4-8-16-23,24-17-9-5-10-18-24)25-19-11-6-12-20-25/h4-12,15-20,29H,1-3,13-14,21-22H2,(H,27,28). The van der Waals surface area contributed by atoms with Crippen LogP contribution in [0, 0.1) is 0 Å². The van der Waals surface area contributed by atoms with Crippen molar-refractivity contribution in [2.75, 3.05) is 6.16 Å². The van der Waals surface area contributed by atoms with E-state index in [9.17, 15) is 4.79 Å². The van der Waals surface area contributed by atoms with E-state index in [-0.39, 0.29) is 6.42 Å². The summed E-state index contributed by atoms with van der Waals surface area (Å²) in [6.45, 7) is 0. The van der Waals surface area contributed by atoms with Crippen LogP contribution in [0.1, 0.15) is 38.5 Å². The zero-order chi connectivity index (χ0) is 20.4. The molecule has 0 saturated heterocycles. The summed E-state index contributed by atoms with van der Waals surface area (Å²) in [7, 11) is -2.10. The quantitative estimate of drug-likeness (QED) is 0.354. The second-order valence-corrected chi connectivity index (χ2v) is 11.7. The van der Waals surface area contributed by atoms with Crippen molar-refractivity contribution in [3.05, 3.63) is 91.0 Å². The molecule has 0 unspecified atom stereocenters. The van der Waals surface area contributed by atoms with Crippen LogP contribution in [0.3, 0.4) is 0 Å². The van der Waals surface area contributed by atoms with Gasteiger partial charge < -0.3 is 0 Å². The molecule has 0 atom stereocenters. The predicted molar refractivity (Wildman–Crippen MR) is 127 cm³/mol. The van der Waals surface area contributed by atoms with Gasteiger partial charge in [0, 0.05) is 0 Å². The van der Waals surface area contributed by atoms with Gasteiger partial charge in [0.15, 0.2) is 0 Å². The van der Waals surface area contributed by atoms with E-state index < -0.39 is 13.2 Å². The molecule has 152 valence electrons. The monoisotopic (exact) mass is 406 g/mol. The number of carbonyl (C=O) groups is 1. The van der Waals surface area contributed by atoms with E-state index in [1.807, 2.05) is 0 Å². The van der Waals surface area contributed by atoms with Gasteiger partial charge in [-0.05, 0) is 0 Å². The molecule has 3 aromatic rings. The molecule has 3 rings (SSSR count). The molecule has 0 aliphatic heterocycles. The average Bonchev–Trinajstić information content (AvgIpc) is 2.77. The van der Waals surface area contributed by atoms with Gasteiger partial charge in [-0.2, -0.15) is 0 Å². The molecular formula is C26H31O2P. The third kappa shape index (κ3) is 5.55. The molecule has 0 aliphatic rings. The van der Waals surface area contributed by atoms with Gasteiger partial charge in [0.2, 0.25) is 0 Å². The first-order valence-electron chi connectivity index (χ1n) is 10.6. The van der Waals surface area contributed by atoms with Crippen LogP contribution in [0.4, 0.5) is 0 Å². The van der Waals surface area contributed by atoms with Crippen LogP contribution >= 0.6 is 7.26 Å². The molecule has 0 heterocycles. The Bertz CT molecular complexity index is 766. The van der Waals surface area contributed by atoms with E-state index in [0.29, 0.717) is 0 Å². The van der Waals surface area contributed by atoms with Crippen molar-refractivity contribution in [1.82, 2.24) is 0 Å². The molecule has 0 amide bonds. The number of carboxylic acid groups (broad SMARTS) is 1. The Hall–Kier alpha value is -2.44. The summed E-state index contributed by atoms with van der Waals surface area (Å²) in [4.78, 5) is 10.7. The molecule has 0 aromatic heterocycles. The van der Waals surface area contributed by atoms with Crippen LogP contribution < -0.4 is 15.9 Å². The Morgan fingerprint density at radius 3 is 1.38 bits per heavy atom. The first kappa shape index (κ1) is 21.3. The molecule has 0 saturated carbocycles. The molecule has 3 heteroatoms. The predicted octanol–water partition coefficient (Wildman–Crippen LogP) is 5.14. The van der Waals surface area contributed by atoms with Crippen LogP contribution in [-0.4, -0.2) is 17.2 Å². The molecule has 0 aliphatic carbocycles. The molecule has 0 spiro atoms. The van der Waals surface area contributed by atoms with Crippen LogP contribution in [0.15, 0.2) is 91.0 Å². The molecule has 0 fully saturated rings. The summed E-state index contributed by atoms with van der Waals surface area (Å²) in [6.07, 6.45) is 6.67. The molecule has 2 nitrogen and oxygen atoms in total. The number of hydrogen-bond acceptors (Lipinski definition) is 1. The van der Waals surface area contributed by atoms with Gasteiger partial charge >= 0.3 is 175 Å². The minimum atomic E-state index is -2.10. The maximum atomic E-state index is 10.7. The zero-order valence-electron chi connectivity index (χ0n) is 17.0. The minimum absolute atomic E-state index is 0.288. The van der Waals surface area contributed by atoms with Crippen molar-refractivity contribution < 1.29 is 9.90 Å². The van der Waals surface area contributed by atoms with Gasteiger partial charge in [-0.15, -0.1) is 0 Å². The van der Waals surface area contributed by atoms with E-state index >= 15 is 0 Å². The van der Waals surface area contributed by atoms with Gasteiger partial charge in [-0.25, -0.2) is 0 Å². The van der Waals surface area contributed by atoms with Gasteiger partial charge in [-0.3, -0.25) is 0 Å². The Morgan fingerprint density at radius 1 is 0.586 bits per heavy atom. The van der Waals surface area contributed by atoms with Crippen LogP contribution in [0.2, 0.25) is 0 Å². The SMILES string of the molecule is O=C(O)CCCCCCC[PH](c1ccccc1)(c1ccccc1)c1ccccc1. The molecule has 29 heavy (non-hydrogen) atoms. The fourth-order valence-corrected chi connectivity index (χ4v) is 9.23. The first-order valence-corrected chi connectivity index (χ1v) is 12.8. The number of aliphatic carboxylic acids is 1. The molecular weight excluding hydrogens is 375 g/mol. The summed E-state index contributed by atoms with van der Waals surface area (Å²) in [5.41, 5.74) is 0. The van der Waals surface area contributed by atoms with E-state index in [0.717, 1.165) is 32.1 Å². The van der Waals surface area contributed by atoms with E-state index in [2.05, 4.69) is 91.0 Å². The maximum absolute atomic E-state index is 10.7. The zero-order valence-corrected chi connectivity index (χ0v) is 18.0. The fraction of sp³-hybridized carbons (Fsp3) is 0.269. The Labute approximate surface area is 175 Å². The second kappa shape index (κ2) is 10.9. The van der Waals surface area contributed by atoms with E-state index in [4.69, 9.17) is 5.11 Å². The van der Waals surface area contributed by atoms with Crippen LogP contribution in [-0.2, 0) is 4.79 Å². The van der Waals surface area contributed by atoms with Crippen molar-refractivity contribution >= 4 is 29.1 Å². The number of benzene rings is 3. The van der Waals surface area contributed by atoms with Crippen molar-refractivity contribution in [3.8, 4) is 0 Å². The van der Waals surface area contributed by atoms with Gasteiger partial charge in [-0.1, -0.05) is 0 Å². The molecule has 1 N–H and O–H groups in total. The van der Waals surface area contributed by atoms with Gasteiger partial charge in [0.25, 0.3) is 0 Å². The molecule has 0 radical (unpaired) electrons. The van der Waals surface area contributed by atoms with E-state index in [1.54, 1.807) is 0 Å². The number of rotatable bonds is 11. The van der Waals surface area contributed by atoms with Crippen LogP contribution in [0.25, 0.3) is 0 Å². The van der Waals surface area contributed by atoms with Crippen molar-refractivity contribution in [3.63, 3.8) is 0 Å². The fourth-order valence-electron chi connectivity index (χ4n) is 4.30. The van der Waals surface area contributed by atoms with Crippen molar-refractivity contribution in [1.29, 1.82) is 0 Å². The normalized spacial score (nSPS) is 11.9. The molecule has 3 aromatic carbocycles. The number of carboxylic acids is 1. The Balaban J connectivity index is 1.86. The number of unbranched alkanes of at least 4 members (excludes halogenated alkanes) is 4. The second-order valence-electron chi connectivity index (χ2n) is 7.66. The summed E-state index contributed by atoms with van der Waals surface area (Å²) in [5, 5.41) is 13.2. The third-order valence-electron chi connectivity index (χ3n) is 5.74. The molecule has 0 bridgehead atoms. The van der Waals surface area contributed by atoms with Gasteiger partial charge in [0.1, 0.15) is 0 Å². The number of hydrogen-bond donors (Lipinski definition) is 1. The van der Waals surface area contributed by atoms with E-state index in [1.165, 1.54) is 22.1 Å². The first-order chi connectivity index (χ1) is 14.2. The third-order valence-corrected chi connectivity index (χ3v) is 10.8. The van der Waals surface area contributed by atoms with Crippen molar-refractivity contribution in [2.45, 2.75) is 38.5 Å². The topological polar surface area (TPSA) is 37.3 Å². The van der Waals surface area contributed by atoms with Gasteiger partial charge in [0.05, 0.1) is 0 Å². The van der Waals surface area contributed by atoms with Crippen LogP contribution in [0.5, 0.6) is 0 Å².